The van der Waals surface area contributed by atoms with Gasteiger partial charge < -0.3 is 20.1 Å². The largest absolute Gasteiger partial charge is 0.573 e. The lowest BCUT2D eigenvalue weighted by atomic mass is 9.89. The Morgan fingerprint density at radius 3 is 2.65 bits per heavy atom. The minimum atomic E-state index is -4.75. The number of alkyl halides is 3. The zero-order chi connectivity index (χ0) is 17.1. The first kappa shape index (κ1) is 17.6. The van der Waals surface area contributed by atoms with Gasteiger partial charge in [-0.15, -0.1) is 13.2 Å². The molecule has 1 aromatic carbocycles. The fraction of sp³-hybridized carbons (Fsp3) is 0.533. The second kappa shape index (κ2) is 6.76. The monoisotopic (exact) mass is 332 g/mol. The first-order chi connectivity index (χ1) is 10.7. The molecule has 0 radical (unpaired) electrons. The van der Waals surface area contributed by atoms with Crippen LogP contribution in [0.4, 0.5) is 13.2 Å². The smallest absolute Gasteiger partial charge is 0.406 e. The normalized spacial score (nSPS) is 17.6. The average Bonchev–Trinajstić information content (AvgIpc) is 2.45. The number of carbonyl (C=O) groups is 1. The van der Waals surface area contributed by atoms with Gasteiger partial charge in [0.15, 0.2) is 0 Å². The van der Waals surface area contributed by atoms with Gasteiger partial charge in [-0.1, -0.05) is 12.1 Å². The first-order valence-electron chi connectivity index (χ1n) is 7.16. The Labute approximate surface area is 132 Å². The van der Waals surface area contributed by atoms with Gasteiger partial charge in [0, 0.05) is 26.8 Å². The highest BCUT2D eigenvalue weighted by atomic mass is 19.4. The van der Waals surface area contributed by atoms with Crippen molar-refractivity contribution >= 4 is 5.91 Å². The van der Waals surface area contributed by atoms with Gasteiger partial charge in [-0.3, -0.25) is 4.79 Å². The molecule has 0 aliphatic carbocycles. The third kappa shape index (κ3) is 4.84. The predicted octanol–water partition coefficient (Wildman–Crippen LogP) is 2.05. The molecule has 1 saturated heterocycles. The number of benzene rings is 1. The van der Waals surface area contributed by atoms with E-state index in [1.165, 1.54) is 23.1 Å². The Morgan fingerprint density at radius 2 is 2.04 bits per heavy atom. The number of rotatable bonds is 4. The maximum Gasteiger partial charge on any atom is 0.573 e. The summed E-state index contributed by atoms with van der Waals surface area (Å²) in [6.07, 6.45) is -3.90. The van der Waals surface area contributed by atoms with Crippen molar-refractivity contribution in [3.8, 4) is 5.75 Å². The standard InChI is InChI=1S/C15H19F3N2O3/c1-20(13(21)14(19)5-7-22-8-6-14)10-11-3-2-4-12(9-11)23-15(16,17)18/h2-4,9H,5-8,10,19H2,1H3. The number of likely N-dealkylation sites (N-methyl/N-ethyl adjacent to an activating group) is 1. The van der Waals surface area contributed by atoms with Crippen molar-refractivity contribution in [2.45, 2.75) is 31.3 Å². The molecule has 0 atom stereocenters. The van der Waals surface area contributed by atoms with E-state index in [9.17, 15) is 18.0 Å². The third-order valence-corrected chi connectivity index (χ3v) is 3.71. The fourth-order valence-electron chi connectivity index (χ4n) is 2.52. The van der Waals surface area contributed by atoms with Crippen molar-refractivity contribution in [2.24, 2.45) is 5.73 Å². The van der Waals surface area contributed by atoms with Crippen molar-refractivity contribution in [3.05, 3.63) is 29.8 Å². The van der Waals surface area contributed by atoms with Gasteiger partial charge in [-0.05, 0) is 30.5 Å². The van der Waals surface area contributed by atoms with E-state index in [2.05, 4.69) is 4.74 Å². The van der Waals surface area contributed by atoms with Crippen LogP contribution in [0.5, 0.6) is 5.75 Å². The Hall–Kier alpha value is -1.80. The fourth-order valence-corrected chi connectivity index (χ4v) is 2.52. The Balaban J connectivity index is 2.03. The maximum absolute atomic E-state index is 12.5. The SMILES string of the molecule is CN(Cc1cccc(OC(F)(F)F)c1)C(=O)C1(N)CCOCC1. The van der Waals surface area contributed by atoms with Crippen LogP contribution < -0.4 is 10.5 Å². The first-order valence-corrected chi connectivity index (χ1v) is 7.16. The Morgan fingerprint density at radius 1 is 1.39 bits per heavy atom. The molecular weight excluding hydrogens is 313 g/mol. The van der Waals surface area contributed by atoms with Crippen LogP contribution in [0.3, 0.4) is 0 Å². The molecule has 1 amide bonds. The molecule has 128 valence electrons. The highest BCUT2D eigenvalue weighted by molar-refractivity contribution is 5.86. The Kier molecular flexibility index (Phi) is 5.16. The highest BCUT2D eigenvalue weighted by Crippen LogP contribution is 2.25. The van der Waals surface area contributed by atoms with E-state index in [1.807, 2.05) is 0 Å². The summed E-state index contributed by atoms with van der Waals surface area (Å²) in [7, 11) is 1.57. The number of ether oxygens (including phenoxy) is 2. The van der Waals surface area contributed by atoms with E-state index in [-0.39, 0.29) is 18.2 Å². The maximum atomic E-state index is 12.5. The molecule has 2 N–H and O–H groups in total. The quantitative estimate of drug-likeness (QED) is 0.916. The van der Waals surface area contributed by atoms with Gasteiger partial charge in [0.2, 0.25) is 5.91 Å². The summed E-state index contributed by atoms with van der Waals surface area (Å²) in [5.74, 6) is -0.563. The highest BCUT2D eigenvalue weighted by Gasteiger charge is 2.38. The van der Waals surface area contributed by atoms with Gasteiger partial charge in [-0.2, -0.15) is 0 Å². The van der Waals surface area contributed by atoms with Gasteiger partial charge in [0.25, 0.3) is 0 Å². The van der Waals surface area contributed by atoms with Gasteiger partial charge in [0.05, 0.1) is 5.54 Å². The lowest BCUT2D eigenvalue weighted by molar-refractivity contribution is -0.274. The molecule has 1 aromatic rings. The number of hydrogen-bond donors (Lipinski definition) is 1. The predicted molar refractivity (Wildman–Crippen MR) is 76.6 cm³/mol. The van der Waals surface area contributed by atoms with E-state index in [0.717, 1.165) is 0 Å². The molecule has 0 spiro atoms. The summed E-state index contributed by atoms with van der Waals surface area (Å²) in [6.45, 7) is 0.990. The molecular formula is C15H19F3N2O3. The van der Waals surface area contributed by atoms with E-state index < -0.39 is 11.9 Å². The molecule has 0 aromatic heterocycles. The minimum absolute atomic E-state index is 0.147. The number of halogens is 3. The summed E-state index contributed by atoms with van der Waals surface area (Å²) in [6, 6.07) is 5.54. The van der Waals surface area contributed by atoms with Gasteiger partial charge in [0.1, 0.15) is 5.75 Å². The molecule has 0 bridgehead atoms. The van der Waals surface area contributed by atoms with Crippen LogP contribution in [0.25, 0.3) is 0 Å². The van der Waals surface area contributed by atoms with Crippen molar-refractivity contribution in [2.75, 3.05) is 20.3 Å². The summed E-state index contributed by atoms with van der Waals surface area (Å²) < 4.78 is 45.8. The van der Waals surface area contributed by atoms with Gasteiger partial charge in [-0.25, -0.2) is 0 Å². The number of carbonyl (C=O) groups excluding carboxylic acids is 1. The minimum Gasteiger partial charge on any atom is -0.406 e. The second-order valence-corrected chi connectivity index (χ2v) is 5.62. The third-order valence-electron chi connectivity index (χ3n) is 3.71. The van der Waals surface area contributed by atoms with Crippen LogP contribution in [0.2, 0.25) is 0 Å². The van der Waals surface area contributed by atoms with Crippen LogP contribution in [0.15, 0.2) is 24.3 Å². The molecule has 5 nitrogen and oxygen atoms in total. The molecule has 23 heavy (non-hydrogen) atoms. The molecule has 1 heterocycles. The molecule has 2 rings (SSSR count). The van der Waals surface area contributed by atoms with E-state index in [0.29, 0.717) is 31.6 Å². The van der Waals surface area contributed by atoms with Crippen LogP contribution in [-0.4, -0.2) is 43.0 Å². The molecule has 0 saturated carbocycles. The van der Waals surface area contributed by atoms with E-state index in [1.54, 1.807) is 13.1 Å². The van der Waals surface area contributed by atoms with Crippen LogP contribution in [0.1, 0.15) is 18.4 Å². The Bertz CT molecular complexity index is 557. The average molecular weight is 332 g/mol. The molecule has 8 heteroatoms. The van der Waals surface area contributed by atoms with Crippen molar-refractivity contribution in [1.29, 1.82) is 0 Å². The lowest BCUT2D eigenvalue weighted by Crippen LogP contribution is -2.57. The molecule has 1 aliphatic rings. The molecule has 1 fully saturated rings. The van der Waals surface area contributed by atoms with E-state index in [4.69, 9.17) is 10.5 Å². The molecule has 0 unspecified atom stereocenters. The van der Waals surface area contributed by atoms with Crippen LogP contribution in [0, 0.1) is 0 Å². The topological polar surface area (TPSA) is 64.8 Å². The number of amides is 1. The zero-order valence-corrected chi connectivity index (χ0v) is 12.7. The van der Waals surface area contributed by atoms with Gasteiger partial charge >= 0.3 is 6.36 Å². The summed E-state index contributed by atoms with van der Waals surface area (Å²) in [4.78, 5) is 13.9. The van der Waals surface area contributed by atoms with Crippen molar-refractivity contribution in [3.63, 3.8) is 0 Å². The van der Waals surface area contributed by atoms with Crippen LogP contribution >= 0.6 is 0 Å². The summed E-state index contributed by atoms with van der Waals surface area (Å²) in [5.41, 5.74) is 5.67. The molecule has 1 aliphatic heterocycles. The van der Waals surface area contributed by atoms with Crippen LogP contribution in [-0.2, 0) is 16.1 Å². The van der Waals surface area contributed by atoms with Crippen molar-refractivity contribution < 1.29 is 27.4 Å². The second-order valence-electron chi connectivity index (χ2n) is 5.62. The number of hydrogen-bond acceptors (Lipinski definition) is 4. The van der Waals surface area contributed by atoms with E-state index >= 15 is 0 Å². The number of nitrogens with zero attached hydrogens (tertiary/aromatic N) is 1. The zero-order valence-electron chi connectivity index (χ0n) is 12.7. The summed E-state index contributed by atoms with van der Waals surface area (Å²) >= 11 is 0. The summed E-state index contributed by atoms with van der Waals surface area (Å²) in [5, 5.41) is 0. The number of nitrogens with two attached hydrogens (primary N) is 1. The van der Waals surface area contributed by atoms with Crippen molar-refractivity contribution in [1.82, 2.24) is 4.90 Å². The lowest BCUT2D eigenvalue weighted by Gasteiger charge is -2.35.